The summed E-state index contributed by atoms with van der Waals surface area (Å²) in [7, 11) is -1.02. The van der Waals surface area contributed by atoms with Gasteiger partial charge < -0.3 is 0 Å². The maximum Gasteiger partial charge on any atom is 0.0813 e. The van der Waals surface area contributed by atoms with Crippen molar-refractivity contribution in [1.29, 1.82) is 0 Å². The second-order valence-corrected chi connectivity index (χ2v) is 5.06. The summed E-state index contributed by atoms with van der Waals surface area (Å²) >= 11 is 3.33. The van der Waals surface area contributed by atoms with E-state index in [-0.39, 0.29) is 0 Å². The Morgan fingerprint density at radius 3 is 2.43 bits per heavy atom. The van der Waals surface area contributed by atoms with Gasteiger partial charge >= 0.3 is 0 Å². The molecule has 0 saturated carbocycles. The number of benzene rings is 1. The number of allylic oxidation sites excluding steroid dienone is 2. The van der Waals surface area contributed by atoms with Gasteiger partial charge in [-0.05, 0) is 26.0 Å². The molecule has 0 radical (unpaired) electrons. The molecule has 0 aliphatic heterocycles. The van der Waals surface area contributed by atoms with Crippen LogP contribution in [0.4, 0.5) is 0 Å². The van der Waals surface area contributed by atoms with E-state index in [4.69, 9.17) is 0 Å². The van der Waals surface area contributed by atoms with Crippen molar-refractivity contribution in [2.45, 2.75) is 18.7 Å². The number of hydrogen-bond donors (Lipinski definition) is 0. The summed E-state index contributed by atoms with van der Waals surface area (Å²) in [5.41, 5.74) is 1.19. The monoisotopic (exact) mass is 272 g/mol. The Morgan fingerprint density at radius 1 is 1.43 bits per heavy atom. The average molecular weight is 273 g/mol. The third kappa shape index (κ3) is 2.79. The van der Waals surface area contributed by atoms with Crippen LogP contribution in [0.25, 0.3) is 0 Å². The molecule has 14 heavy (non-hydrogen) atoms. The number of aryl methyl sites for hydroxylation is 1. The molecule has 0 fully saturated rings. The Hall–Kier alpha value is -0.410. The van der Waals surface area contributed by atoms with Crippen molar-refractivity contribution >= 4 is 26.7 Å². The fourth-order valence-corrected chi connectivity index (χ4v) is 2.99. The van der Waals surface area contributed by atoms with E-state index in [2.05, 4.69) is 15.9 Å². The van der Waals surface area contributed by atoms with Crippen molar-refractivity contribution < 1.29 is 4.21 Å². The summed E-state index contributed by atoms with van der Waals surface area (Å²) in [6, 6.07) is 7.79. The highest BCUT2D eigenvalue weighted by Crippen LogP contribution is 2.16. The molecule has 0 amide bonds. The van der Waals surface area contributed by atoms with Crippen molar-refractivity contribution in [3.05, 3.63) is 40.8 Å². The molecule has 0 aliphatic carbocycles. The third-order valence-electron chi connectivity index (χ3n) is 1.93. The van der Waals surface area contributed by atoms with Gasteiger partial charge in [-0.15, -0.1) is 0 Å². The molecular formula is C11H13BrOS. The Morgan fingerprint density at radius 2 is 2.00 bits per heavy atom. The van der Waals surface area contributed by atoms with E-state index in [1.54, 1.807) is 0 Å². The molecular weight excluding hydrogens is 260 g/mol. The highest BCUT2D eigenvalue weighted by atomic mass is 79.9. The lowest BCUT2D eigenvalue weighted by atomic mass is 10.2. The molecule has 0 aliphatic rings. The van der Waals surface area contributed by atoms with Crippen molar-refractivity contribution in [2.75, 3.05) is 5.33 Å². The molecule has 0 saturated heterocycles. The van der Waals surface area contributed by atoms with E-state index in [1.807, 2.05) is 44.2 Å². The van der Waals surface area contributed by atoms with Crippen LogP contribution in [0.3, 0.4) is 0 Å². The molecule has 76 valence electrons. The molecule has 0 N–H and O–H groups in total. The van der Waals surface area contributed by atoms with Crippen LogP contribution in [0, 0.1) is 6.92 Å². The molecule has 1 aromatic rings. The quantitative estimate of drug-likeness (QED) is 0.771. The summed E-state index contributed by atoms with van der Waals surface area (Å²) in [4.78, 5) is 1.78. The highest BCUT2D eigenvalue weighted by Gasteiger charge is 2.07. The predicted molar refractivity (Wildman–Crippen MR) is 65.1 cm³/mol. The van der Waals surface area contributed by atoms with E-state index in [0.717, 1.165) is 9.80 Å². The van der Waals surface area contributed by atoms with E-state index in [1.165, 1.54) is 5.56 Å². The fraction of sp³-hybridized carbons (Fsp3) is 0.273. The van der Waals surface area contributed by atoms with E-state index in [0.29, 0.717) is 5.33 Å². The molecule has 1 atom stereocenters. The van der Waals surface area contributed by atoms with E-state index in [9.17, 15) is 4.21 Å². The maximum atomic E-state index is 11.9. The first-order chi connectivity index (χ1) is 6.69. The minimum atomic E-state index is -1.02. The van der Waals surface area contributed by atoms with Gasteiger partial charge in [0, 0.05) is 15.1 Å². The van der Waals surface area contributed by atoms with Crippen LogP contribution in [0.2, 0.25) is 0 Å². The van der Waals surface area contributed by atoms with Crippen LogP contribution in [0.5, 0.6) is 0 Å². The SMILES string of the molecule is C/C=C(\CBr)S(=O)c1ccc(C)cc1. The normalized spacial score (nSPS) is 14.1. The van der Waals surface area contributed by atoms with Gasteiger partial charge in [0.15, 0.2) is 0 Å². The zero-order chi connectivity index (χ0) is 10.6. The topological polar surface area (TPSA) is 17.1 Å². The standard InChI is InChI=1S/C11H13BrOS/c1-3-10(8-12)14(13)11-6-4-9(2)5-7-11/h3-7H,8H2,1-2H3/b10-3+. The Bertz CT molecular complexity index is 354. The molecule has 0 bridgehead atoms. The maximum absolute atomic E-state index is 11.9. The number of hydrogen-bond acceptors (Lipinski definition) is 1. The minimum Gasteiger partial charge on any atom is -0.249 e. The Kier molecular flexibility index (Phi) is 4.55. The van der Waals surface area contributed by atoms with Crippen LogP contribution < -0.4 is 0 Å². The van der Waals surface area contributed by atoms with Gasteiger partial charge in [0.25, 0.3) is 0 Å². The molecule has 0 heterocycles. The van der Waals surface area contributed by atoms with Gasteiger partial charge in [0.2, 0.25) is 0 Å². The highest BCUT2D eigenvalue weighted by molar-refractivity contribution is 9.09. The largest absolute Gasteiger partial charge is 0.249 e. The lowest BCUT2D eigenvalue weighted by molar-refractivity contribution is 0.687. The molecule has 3 heteroatoms. The average Bonchev–Trinajstić information content (AvgIpc) is 2.20. The Balaban J connectivity index is 2.95. The second-order valence-electron chi connectivity index (χ2n) is 2.97. The van der Waals surface area contributed by atoms with Gasteiger partial charge in [-0.1, -0.05) is 39.7 Å². The van der Waals surface area contributed by atoms with Gasteiger partial charge in [-0.2, -0.15) is 0 Å². The summed E-state index contributed by atoms with van der Waals surface area (Å²) < 4.78 is 11.9. The smallest absolute Gasteiger partial charge is 0.0813 e. The van der Waals surface area contributed by atoms with Crippen molar-refractivity contribution in [3.8, 4) is 0 Å². The van der Waals surface area contributed by atoms with E-state index >= 15 is 0 Å². The lowest BCUT2D eigenvalue weighted by Gasteiger charge is -2.03. The second kappa shape index (κ2) is 5.47. The Labute approximate surface area is 95.8 Å². The minimum absolute atomic E-state index is 0.657. The van der Waals surface area contributed by atoms with Crippen LogP contribution in [0.15, 0.2) is 40.1 Å². The number of rotatable bonds is 3. The first kappa shape index (κ1) is 11.7. The number of halogens is 1. The molecule has 1 nitrogen and oxygen atoms in total. The molecule has 1 aromatic carbocycles. The van der Waals surface area contributed by atoms with Gasteiger partial charge in [-0.25, -0.2) is 4.21 Å². The van der Waals surface area contributed by atoms with Gasteiger partial charge in [0.1, 0.15) is 0 Å². The summed E-state index contributed by atoms with van der Waals surface area (Å²) in [5, 5.41) is 0.657. The fourth-order valence-electron chi connectivity index (χ4n) is 1.05. The lowest BCUT2D eigenvalue weighted by Crippen LogP contribution is -1.96. The van der Waals surface area contributed by atoms with Crippen LogP contribution in [-0.2, 0) is 10.8 Å². The van der Waals surface area contributed by atoms with Crippen molar-refractivity contribution in [1.82, 2.24) is 0 Å². The first-order valence-electron chi connectivity index (χ1n) is 4.38. The van der Waals surface area contributed by atoms with Crippen LogP contribution in [-0.4, -0.2) is 9.54 Å². The third-order valence-corrected chi connectivity index (χ3v) is 4.46. The van der Waals surface area contributed by atoms with Crippen LogP contribution in [0.1, 0.15) is 12.5 Å². The molecule has 0 aromatic heterocycles. The van der Waals surface area contributed by atoms with Gasteiger partial charge in [0.05, 0.1) is 10.8 Å². The summed E-state index contributed by atoms with van der Waals surface area (Å²) in [6.45, 7) is 3.93. The molecule has 1 rings (SSSR count). The summed E-state index contributed by atoms with van der Waals surface area (Å²) in [6.07, 6.45) is 1.89. The van der Waals surface area contributed by atoms with Crippen molar-refractivity contribution in [3.63, 3.8) is 0 Å². The zero-order valence-electron chi connectivity index (χ0n) is 8.29. The zero-order valence-corrected chi connectivity index (χ0v) is 10.7. The molecule has 0 spiro atoms. The van der Waals surface area contributed by atoms with Gasteiger partial charge in [-0.3, -0.25) is 0 Å². The predicted octanol–water partition coefficient (Wildman–Crippen LogP) is 3.40. The number of alkyl halides is 1. The van der Waals surface area contributed by atoms with E-state index < -0.39 is 10.8 Å². The summed E-state index contributed by atoms with van der Waals surface area (Å²) in [5.74, 6) is 0. The first-order valence-corrected chi connectivity index (χ1v) is 6.65. The van der Waals surface area contributed by atoms with Crippen molar-refractivity contribution in [2.24, 2.45) is 0 Å². The molecule has 1 unspecified atom stereocenters. The van der Waals surface area contributed by atoms with Crippen LogP contribution >= 0.6 is 15.9 Å².